The maximum atomic E-state index is 4.94. The summed E-state index contributed by atoms with van der Waals surface area (Å²) in [5.41, 5.74) is 0. The minimum atomic E-state index is -2.49. The first-order chi connectivity index (χ1) is 2.00. The van der Waals surface area contributed by atoms with Crippen molar-refractivity contribution < 1.29 is 9.01 Å². The van der Waals surface area contributed by atoms with E-state index in [9.17, 15) is 0 Å². The predicted molar refractivity (Wildman–Crippen MR) is 23.4 cm³/mol. The summed E-state index contributed by atoms with van der Waals surface area (Å²) in [5, 5.41) is 0. The summed E-state index contributed by atoms with van der Waals surface area (Å²) in [4.78, 5) is 0. The molecule has 39 valence electrons. The second-order valence-electron chi connectivity index (χ2n) is 0.286. The van der Waals surface area contributed by atoms with E-state index in [0.717, 1.165) is 0 Å². The van der Waals surface area contributed by atoms with Crippen LogP contribution in [0.2, 0.25) is 0 Å². The molecule has 5 heteroatoms. The second-order valence-corrected chi connectivity index (χ2v) is 10.6. The van der Waals surface area contributed by atoms with Crippen LogP contribution in [0.5, 0.6) is 0 Å². The minimum absolute atomic E-state index is 2.49. The van der Waals surface area contributed by atoms with Gasteiger partial charge in [0.25, 0.3) is 0 Å². The van der Waals surface area contributed by atoms with Crippen LogP contribution in [0.15, 0.2) is 0 Å². The van der Waals surface area contributed by atoms with E-state index in [1.54, 1.807) is 0 Å². The van der Waals surface area contributed by atoms with Crippen molar-refractivity contribution in [1.82, 2.24) is 0 Å². The van der Waals surface area contributed by atoms with Crippen LogP contribution in [0.4, 0.5) is 0 Å². The number of hydrogen-bond donors (Lipinski definition) is 0. The normalized spacial score (nSPS) is 15.2. The van der Waals surface area contributed by atoms with Gasteiger partial charge in [-0.05, 0) is 0 Å². The average molecular weight is 201 g/mol. The zero-order valence-corrected chi connectivity index (χ0v) is 5.91. The van der Waals surface area contributed by atoms with Gasteiger partial charge in [0, 0.05) is 0 Å². The van der Waals surface area contributed by atoms with Crippen molar-refractivity contribution in [3.8, 4) is 0 Å². The van der Waals surface area contributed by atoms with E-state index in [1.165, 1.54) is 0 Å². The van der Waals surface area contributed by atoms with Crippen molar-refractivity contribution in [1.29, 1.82) is 0 Å². The van der Waals surface area contributed by atoms with Gasteiger partial charge in [-0.25, -0.2) is 0 Å². The van der Waals surface area contributed by atoms with E-state index in [4.69, 9.17) is 40.6 Å². The number of rotatable bonds is 0. The van der Waals surface area contributed by atoms with Crippen molar-refractivity contribution in [2.24, 2.45) is 0 Å². The fourth-order valence-electron chi connectivity index (χ4n) is 0. The molecular weight excluding hydrogens is 201 g/mol. The van der Waals surface area contributed by atoms with E-state index < -0.39 is 9.01 Å². The topological polar surface area (TPSA) is 0 Å². The first-order valence-corrected chi connectivity index (χ1v) is 6.23. The third kappa shape index (κ3) is 27.4. The third-order valence-corrected chi connectivity index (χ3v) is 0. The van der Waals surface area contributed by atoms with Crippen LogP contribution in [0.25, 0.3) is 0 Å². The zero-order chi connectivity index (χ0) is 4.50. The molecule has 0 rings (SSSR count). The Balaban J connectivity index is 3.02. The average Bonchev–Trinajstić information content (AvgIpc) is 0.722. The van der Waals surface area contributed by atoms with Crippen LogP contribution < -0.4 is 0 Å². The number of halogens is 4. The van der Waals surface area contributed by atoms with Gasteiger partial charge in [-0.15, -0.1) is 0 Å². The van der Waals surface area contributed by atoms with E-state index in [0.29, 0.717) is 0 Å². The molecule has 0 bridgehead atoms. The summed E-state index contributed by atoms with van der Waals surface area (Å²) in [6.07, 6.45) is 0. The molecule has 0 amide bonds. The van der Waals surface area contributed by atoms with E-state index in [1.807, 2.05) is 0 Å². The van der Waals surface area contributed by atoms with E-state index >= 15 is 0 Å². The summed E-state index contributed by atoms with van der Waals surface area (Å²) < 4.78 is 0. The summed E-state index contributed by atoms with van der Waals surface area (Å²) in [5.74, 6) is 0. The van der Waals surface area contributed by atoms with Crippen LogP contribution in [-0.2, 0) is 9.01 Å². The molecule has 0 radical (unpaired) electrons. The van der Waals surface area contributed by atoms with Crippen molar-refractivity contribution in [2.45, 2.75) is 0 Å². The Labute approximate surface area is 49.5 Å². The molecule has 0 aromatic carbocycles. The fraction of sp³-hybridized carbons (Fsp3) is 0. The molecule has 0 fully saturated rings. The van der Waals surface area contributed by atoms with Crippen molar-refractivity contribution in [3.05, 3.63) is 0 Å². The molecule has 0 unspecified atom stereocenters. The molecule has 0 atom stereocenters. The first-order valence-electron chi connectivity index (χ1n) is 0.504. The molecule has 0 saturated carbocycles. The Hall–Kier alpha value is 1.67. The Morgan fingerprint density at radius 1 is 0.800 bits per heavy atom. The fourth-order valence-corrected chi connectivity index (χ4v) is 0. The standard InChI is InChI=1S/4ClH.Co/h4*1H;/q;;;;+2/p-4. The Bertz CT molecular complexity index is 19.1. The summed E-state index contributed by atoms with van der Waals surface area (Å²) in [6.45, 7) is 0. The summed E-state index contributed by atoms with van der Waals surface area (Å²) in [7, 11) is 17.3. The van der Waals surface area contributed by atoms with Gasteiger partial charge in [-0.3, -0.25) is 0 Å². The molecule has 0 N–H and O–H groups in total. The van der Waals surface area contributed by atoms with E-state index in [-0.39, 0.29) is 0 Å². The van der Waals surface area contributed by atoms with Gasteiger partial charge in [-0.1, -0.05) is 0 Å². The van der Waals surface area contributed by atoms with Crippen LogP contribution in [-0.4, -0.2) is 0 Å². The van der Waals surface area contributed by atoms with E-state index in [2.05, 4.69) is 0 Å². The van der Waals surface area contributed by atoms with Crippen LogP contribution in [0, 0.1) is 0 Å². The summed E-state index contributed by atoms with van der Waals surface area (Å²) >= 11 is 0. The van der Waals surface area contributed by atoms with Crippen molar-refractivity contribution >= 4 is 40.6 Å². The molecule has 0 aliphatic rings. The maximum absolute atomic E-state index is 4.94. The molecule has 0 aliphatic heterocycles. The van der Waals surface area contributed by atoms with Gasteiger partial charge in [-0.2, -0.15) is 0 Å². The molecule has 0 nitrogen and oxygen atoms in total. The van der Waals surface area contributed by atoms with Gasteiger partial charge in [0.15, 0.2) is 0 Å². The Kier molecular flexibility index (Phi) is 2.80. The van der Waals surface area contributed by atoms with Gasteiger partial charge in [0.05, 0.1) is 0 Å². The molecule has 0 aliphatic carbocycles. The van der Waals surface area contributed by atoms with Crippen LogP contribution in [0.1, 0.15) is 0 Å². The Morgan fingerprint density at radius 2 is 0.800 bits per heavy atom. The van der Waals surface area contributed by atoms with Crippen molar-refractivity contribution in [2.75, 3.05) is 0 Å². The SMILES string of the molecule is [Cl][Co-2]([Cl])([Cl])[Cl]. The molecule has 0 spiro atoms. The van der Waals surface area contributed by atoms with Gasteiger partial charge < -0.3 is 0 Å². The molecule has 0 aromatic heterocycles. The van der Waals surface area contributed by atoms with Crippen LogP contribution in [0.3, 0.4) is 0 Å². The molecule has 0 aromatic rings. The molecular formula is Cl4Co-2. The summed E-state index contributed by atoms with van der Waals surface area (Å²) in [6, 6.07) is 0. The quantitative estimate of drug-likeness (QED) is 0.564. The van der Waals surface area contributed by atoms with Gasteiger partial charge in [0.1, 0.15) is 0 Å². The van der Waals surface area contributed by atoms with Crippen molar-refractivity contribution in [3.63, 3.8) is 0 Å². The monoisotopic (exact) mass is 199 g/mol. The van der Waals surface area contributed by atoms with Crippen LogP contribution >= 0.6 is 40.6 Å². The molecule has 5 heavy (non-hydrogen) atoms. The molecule has 0 heterocycles. The predicted octanol–water partition coefficient (Wildman–Crippen LogP) is 2.76. The number of hydrogen-bond acceptors (Lipinski definition) is 0. The zero-order valence-electron chi connectivity index (χ0n) is 1.85. The van der Waals surface area contributed by atoms with Gasteiger partial charge >= 0.3 is 49.6 Å². The molecule has 0 saturated heterocycles. The van der Waals surface area contributed by atoms with Gasteiger partial charge in [0.2, 0.25) is 0 Å². The Morgan fingerprint density at radius 3 is 0.800 bits per heavy atom. The third-order valence-electron chi connectivity index (χ3n) is 0. The first kappa shape index (κ1) is 6.67. The second kappa shape index (κ2) is 2.10.